The second kappa shape index (κ2) is 12.1. The summed E-state index contributed by atoms with van der Waals surface area (Å²) in [7, 11) is 0. The number of amides is 1. The summed E-state index contributed by atoms with van der Waals surface area (Å²) < 4.78 is 5.85. The molecule has 0 aliphatic heterocycles. The Hall–Kier alpha value is -3.11. The standard InChI is InChI=1S/C28H34N2O2/c1-21-10-9-11-22(2)28(21)32-20-27(31)30-26(19-24-14-7-4-8-15-24)17-16-25(29)18-23-12-5-3-6-13-23/h3-15,25-26H,16-20,29H2,1-2H3,(H,30,31). The predicted octanol–water partition coefficient (Wildman–Crippen LogP) is 4.76. The van der Waals surface area contributed by atoms with Crippen LogP contribution in [0.1, 0.15) is 35.1 Å². The molecule has 2 atom stereocenters. The van der Waals surface area contributed by atoms with Gasteiger partial charge in [0.05, 0.1) is 0 Å². The zero-order chi connectivity index (χ0) is 22.8. The number of para-hydroxylation sites is 1. The number of hydrogen-bond acceptors (Lipinski definition) is 3. The molecule has 0 saturated heterocycles. The summed E-state index contributed by atoms with van der Waals surface area (Å²) in [5.74, 6) is 0.678. The van der Waals surface area contributed by atoms with Crippen LogP contribution in [-0.4, -0.2) is 24.6 Å². The molecule has 0 aliphatic carbocycles. The molecule has 0 heterocycles. The summed E-state index contributed by atoms with van der Waals surface area (Å²) >= 11 is 0. The predicted molar refractivity (Wildman–Crippen MR) is 131 cm³/mol. The van der Waals surface area contributed by atoms with E-state index in [2.05, 4.69) is 29.6 Å². The van der Waals surface area contributed by atoms with Crippen LogP contribution in [0.15, 0.2) is 78.9 Å². The van der Waals surface area contributed by atoms with Crippen molar-refractivity contribution in [2.75, 3.05) is 6.61 Å². The highest BCUT2D eigenvalue weighted by Crippen LogP contribution is 2.22. The monoisotopic (exact) mass is 430 g/mol. The van der Waals surface area contributed by atoms with Gasteiger partial charge in [-0.15, -0.1) is 0 Å². The Kier molecular flexibility index (Phi) is 8.88. The summed E-state index contributed by atoms with van der Waals surface area (Å²) in [6.45, 7) is 3.99. The van der Waals surface area contributed by atoms with E-state index >= 15 is 0 Å². The van der Waals surface area contributed by atoms with Crippen molar-refractivity contribution >= 4 is 5.91 Å². The van der Waals surface area contributed by atoms with E-state index in [9.17, 15) is 4.79 Å². The minimum Gasteiger partial charge on any atom is -0.483 e. The molecule has 3 aromatic rings. The van der Waals surface area contributed by atoms with Crippen LogP contribution in [0.2, 0.25) is 0 Å². The second-order valence-electron chi connectivity index (χ2n) is 8.49. The van der Waals surface area contributed by atoms with E-state index in [1.165, 1.54) is 11.1 Å². The largest absolute Gasteiger partial charge is 0.483 e. The number of nitrogens with one attached hydrogen (secondary N) is 1. The number of carbonyl (C=O) groups excluding carboxylic acids is 1. The molecular formula is C28H34N2O2. The van der Waals surface area contributed by atoms with Gasteiger partial charge in [0.2, 0.25) is 0 Å². The average molecular weight is 431 g/mol. The maximum Gasteiger partial charge on any atom is 0.258 e. The molecule has 0 aromatic heterocycles. The van der Waals surface area contributed by atoms with Crippen molar-refractivity contribution in [3.63, 3.8) is 0 Å². The number of rotatable bonds is 11. The van der Waals surface area contributed by atoms with E-state index in [0.717, 1.165) is 42.6 Å². The van der Waals surface area contributed by atoms with Crippen LogP contribution in [-0.2, 0) is 17.6 Å². The summed E-state index contributed by atoms with van der Waals surface area (Å²) in [6, 6.07) is 26.6. The third-order valence-electron chi connectivity index (χ3n) is 5.67. The van der Waals surface area contributed by atoms with Crippen molar-refractivity contribution < 1.29 is 9.53 Å². The molecule has 3 aromatic carbocycles. The van der Waals surface area contributed by atoms with Gasteiger partial charge in [-0.2, -0.15) is 0 Å². The summed E-state index contributed by atoms with van der Waals surface area (Å²) in [5.41, 5.74) is 10.9. The second-order valence-corrected chi connectivity index (χ2v) is 8.49. The molecule has 0 fully saturated rings. The first-order chi connectivity index (χ1) is 15.5. The molecule has 3 N–H and O–H groups in total. The van der Waals surface area contributed by atoms with E-state index in [1.807, 2.05) is 68.4 Å². The Morgan fingerprint density at radius 2 is 1.38 bits per heavy atom. The van der Waals surface area contributed by atoms with Crippen LogP contribution < -0.4 is 15.8 Å². The minimum absolute atomic E-state index is 0.00700. The van der Waals surface area contributed by atoms with Crippen LogP contribution >= 0.6 is 0 Å². The van der Waals surface area contributed by atoms with Gasteiger partial charge in [-0.1, -0.05) is 78.9 Å². The Morgan fingerprint density at radius 3 is 1.97 bits per heavy atom. The highest BCUT2D eigenvalue weighted by atomic mass is 16.5. The van der Waals surface area contributed by atoms with Crippen molar-refractivity contribution in [3.05, 3.63) is 101 Å². The lowest BCUT2D eigenvalue weighted by molar-refractivity contribution is -0.123. The van der Waals surface area contributed by atoms with Crippen LogP contribution in [0.3, 0.4) is 0 Å². The average Bonchev–Trinajstić information content (AvgIpc) is 2.78. The normalized spacial score (nSPS) is 12.7. The zero-order valence-electron chi connectivity index (χ0n) is 19.1. The highest BCUT2D eigenvalue weighted by Gasteiger charge is 2.16. The van der Waals surface area contributed by atoms with E-state index in [1.54, 1.807) is 0 Å². The third-order valence-corrected chi connectivity index (χ3v) is 5.67. The summed E-state index contributed by atoms with van der Waals surface area (Å²) in [5, 5.41) is 3.17. The highest BCUT2D eigenvalue weighted by molar-refractivity contribution is 5.78. The fourth-order valence-electron chi connectivity index (χ4n) is 3.99. The van der Waals surface area contributed by atoms with Gasteiger partial charge in [-0.05, 0) is 61.8 Å². The Labute approximate surface area is 191 Å². The van der Waals surface area contributed by atoms with Crippen molar-refractivity contribution in [1.29, 1.82) is 0 Å². The van der Waals surface area contributed by atoms with Crippen molar-refractivity contribution in [1.82, 2.24) is 5.32 Å². The molecule has 2 unspecified atom stereocenters. The first kappa shape index (κ1) is 23.6. The Morgan fingerprint density at radius 1 is 0.812 bits per heavy atom. The maximum absolute atomic E-state index is 12.7. The molecule has 3 rings (SSSR count). The fourth-order valence-corrected chi connectivity index (χ4v) is 3.99. The SMILES string of the molecule is Cc1cccc(C)c1OCC(=O)NC(CCC(N)Cc1ccccc1)Cc1ccccc1. The molecule has 168 valence electrons. The third kappa shape index (κ3) is 7.54. The van der Waals surface area contributed by atoms with Crippen molar-refractivity contribution in [2.45, 2.75) is 51.6 Å². The smallest absolute Gasteiger partial charge is 0.258 e. The van der Waals surface area contributed by atoms with Crippen LogP contribution in [0.5, 0.6) is 5.75 Å². The quantitative estimate of drug-likeness (QED) is 0.461. The Balaban J connectivity index is 1.57. The first-order valence-corrected chi connectivity index (χ1v) is 11.3. The van der Waals surface area contributed by atoms with Gasteiger partial charge in [0.15, 0.2) is 6.61 Å². The number of carbonyl (C=O) groups is 1. The fraction of sp³-hybridized carbons (Fsp3) is 0.321. The van der Waals surface area contributed by atoms with Crippen LogP contribution in [0.4, 0.5) is 0 Å². The number of aryl methyl sites for hydroxylation is 2. The lowest BCUT2D eigenvalue weighted by atomic mass is 9.96. The van der Waals surface area contributed by atoms with Gasteiger partial charge in [0.25, 0.3) is 5.91 Å². The number of benzene rings is 3. The lowest BCUT2D eigenvalue weighted by Crippen LogP contribution is -2.40. The van der Waals surface area contributed by atoms with Gasteiger partial charge in [0.1, 0.15) is 5.75 Å². The number of hydrogen-bond donors (Lipinski definition) is 2. The van der Waals surface area contributed by atoms with Gasteiger partial charge < -0.3 is 15.8 Å². The summed E-state index contributed by atoms with van der Waals surface area (Å²) in [4.78, 5) is 12.7. The zero-order valence-corrected chi connectivity index (χ0v) is 19.1. The minimum atomic E-state index is -0.106. The lowest BCUT2D eigenvalue weighted by Gasteiger charge is -2.21. The van der Waals surface area contributed by atoms with Gasteiger partial charge >= 0.3 is 0 Å². The van der Waals surface area contributed by atoms with E-state index < -0.39 is 0 Å². The van der Waals surface area contributed by atoms with Crippen molar-refractivity contribution in [2.24, 2.45) is 5.73 Å². The molecule has 4 nitrogen and oxygen atoms in total. The topological polar surface area (TPSA) is 64.3 Å². The van der Waals surface area contributed by atoms with E-state index in [-0.39, 0.29) is 24.6 Å². The molecular weight excluding hydrogens is 396 g/mol. The molecule has 0 spiro atoms. The number of nitrogens with two attached hydrogens (primary N) is 1. The Bertz CT molecular complexity index is 953. The van der Waals surface area contributed by atoms with Crippen LogP contribution in [0, 0.1) is 13.8 Å². The van der Waals surface area contributed by atoms with Gasteiger partial charge in [-0.25, -0.2) is 0 Å². The van der Waals surface area contributed by atoms with Crippen LogP contribution in [0.25, 0.3) is 0 Å². The molecule has 0 bridgehead atoms. The molecule has 0 radical (unpaired) electrons. The maximum atomic E-state index is 12.7. The molecule has 4 heteroatoms. The van der Waals surface area contributed by atoms with E-state index in [4.69, 9.17) is 10.5 Å². The van der Waals surface area contributed by atoms with Crippen molar-refractivity contribution in [3.8, 4) is 5.75 Å². The summed E-state index contributed by atoms with van der Waals surface area (Å²) in [6.07, 6.45) is 3.26. The molecule has 0 aliphatic rings. The van der Waals surface area contributed by atoms with E-state index in [0.29, 0.717) is 0 Å². The van der Waals surface area contributed by atoms with Gasteiger partial charge in [0, 0.05) is 12.1 Å². The molecule has 32 heavy (non-hydrogen) atoms. The molecule has 1 amide bonds. The van der Waals surface area contributed by atoms with Gasteiger partial charge in [-0.3, -0.25) is 4.79 Å². The molecule has 0 saturated carbocycles. The number of ether oxygens (including phenoxy) is 1. The first-order valence-electron chi connectivity index (χ1n) is 11.3.